The molecule has 1 aromatic rings. The van der Waals surface area contributed by atoms with E-state index in [0.717, 1.165) is 25.7 Å². The molecule has 0 heterocycles. The summed E-state index contributed by atoms with van der Waals surface area (Å²) in [6.07, 6.45) is 5.22. The molecule has 150 valence electrons. The summed E-state index contributed by atoms with van der Waals surface area (Å²) in [7, 11) is 3.21. The van der Waals surface area contributed by atoms with Crippen LogP contribution in [0, 0.1) is 28.6 Å². The van der Waals surface area contributed by atoms with Gasteiger partial charge in [-0.2, -0.15) is 0 Å². The van der Waals surface area contributed by atoms with E-state index >= 15 is 0 Å². The third kappa shape index (κ3) is 3.61. The lowest BCUT2D eigenvalue weighted by molar-refractivity contribution is -0.0850. The van der Waals surface area contributed by atoms with Gasteiger partial charge >= 0.3 is 0 Å². The monoisotopic (exact) mass is 374 g/mol. The Labute approximate surface area is 163 Å². The van der Waals surface area contributed by atoms with Crippen molar-refractivity contribution in [3.8, 4) is 11.5 Å². The number of aliphatic hydroxyl groups is 1. The Balaban J connectivity index is 2.01. The van der Waals surface area contributed by atoms with Crippen molar-refractivity contribution in [2.75, 3.05) is 20.8 Å². The van der Waals surface area contributed by atoms with Gasteiger partial charge in [-0.05, 0) is 60.5 Å². The third-order valence-electron chi connectivity index (χ3n) is 7.42. The predicted molar refractivity (Wildman–Crippen MR) is 106 cm³/mol. The minimum absolute atomic E-state index is 0.0270. The summed E-state index contributed by atoms with van der Waals surface area (Å²) in [6.45, 7) is 7.15. The van der Waals surface area contributed by atoms with Gasteiger partial charge in [0.2, 0.25) is 0 Å². The quantitative estimate of drug-likeness (QED) is 0.757. The molecule has 3 rings (SSSR count). The fourth-order valence-corrected chi connectivity index (χ4v) is 5.91. The summed E-state index contributed by atoms with van der Waals surface area (Å²) in [5, 5.41) is 9.92. The van der Waals surface area contributed by atoms with Gasteiger partial charge in [0, 0.05) is 24.2 Å². The molecule has 4 atom stereocenters. The number of hydrogen-bond acceptors (Lipinski definition) is 4. The number of methoxy groups -OCH3 is 2. The first-order valence-electron chi connectivity index (χ1n) is 10.1. The highest BCUT2D eigenvalue weighted by atomic mass is 16.5. The second-order valence-electron chi connectivity index (χ2n) is 9.44. The lowest BCUT2D eigenvalue weighted by Gasteiger charge is -2.58. The SMILES string of the molecule is COc1cc(OC)cc(C(=O)[C@H]2C[C@@H](CO)CC3C(C)(C)CCC[C@@]32C)c1. The van der Waals surface area contributed by atoms with Gasteiger partial charge in [0.05, 0.1) is 14.2 Å². The van der Waals surface area contributed by atoms with Crippen LogP contribution in [0.4, 0.5) is 0 Å². The van der Waals surface area contributed by atoms with Crippen molar-refractivity contribution in [2.24, 2.45) is 28.6 Å². The van der Waals surface area contributed by atoms with E-state index in [4.69, 9.17) is 9.47 Å². The van der Waals surface area contributed by atoms with Crippen LogP contribution in [-0.2, 0) is 0 Å². The van der Waals surface area contributed by atoms with Crippen molar-refractivity contribution in [1.82, 2.24) is 0 Å². The molecule has 2 aliphatic carbocycles. The molecule has 1 N–H and O–H groups in total. The summed E-state index contributed by atoms with van der Waals surface area (Å²) in [5.74, 6) is 2.00. The number of carbonyl (C=O) groups excluding carboxylic acids is 1. The van der Waals surface area contributed by atoms with Crippen LogP contribution >= 0.6 is 0 Å². The molecular formula is C23H34O4. The van der Waals surface area contributed by atoms with Crippen molar-refractivity contribution in [3.05, 3.63) is 23.8 Å². The molecule has 1 unspecified atom stereocenters. The highest BCUT2D eigenvalue weighted by Gasteiger charge is 2.55. The van der Waals surface area contributed by atoms with Crippen molar-refractivity contribution < 1.29 is 19.4 Å². The van der Waals surface area contributed by atoms with Gasteiger partial charge in [0.15, 0.2) is 5.78 Å². The number of hydrogen-bond donors (Lipinski definition) is 1. The zero-order chi connectivity index (χ0) is 19.8. The van der Waals surface area contributed by atoms with Gasteiger partial charge in [-0.1, -0.05) is 27.2 Å². The summed E-state index contributed by atoms with van der Waals surface area (Å²) in [6, 6.07) is 5.43. The maximum Gasteiger partial charge on any atom is 0.166 e. The zero-order valence-corrected chi connectivity index (χ0v) is 17.4. The molecule has 0 spiro atoms. The van der Waals surface area contributed by atoms with Crippen LogP contribution in [-0.4, -0.2) is 31.7 Å². The van der Waals surface area contributed by atoms with E-state index < -0.39 is 0 Å². The molecule has 1 aromatic carbocycles. The van der Waals surface area contributed by atoms with Crippen LogP contribution in [0.3, 0.4) is 0 Å². The van der Waals surface area contributed by atoms with Crippen molar-refractivity contribution in [2.45, 2.75) is 52.9 Å². The van der Waals surface area contributed by atoms with Gasteiger partial charge in [0.25, 0.3) is 0 Å². The number of benzene rings is 1. The van der Waals surface area contributed by atoms with E-state index in [2.05, 4.69) is 20.8 Å². The maximum absolute atomic E-state index is 13.7. The van der Waals surface area contributed by atoms with Crippen LogP contribution in [0.2, 0.25) is 0 Å². The normalized spacial score (nSPS) is 32.4. The Morgan fingerprint density at radius 2 is 1.70 bits per heavy atom. The second-order valence-corrected chi connectivity index (χ2v) is 9.44. The smallest absolute Gasteiger partial charge is 0.166 e. The van der Waals surface area contributed by atoms with E-state index in [1.165, 1.54) is 6.42 Å². The molecule has 0 aromatic heterocycles. The van der Waals surface area contributed by atoms with E-state index in [0.29, 0.717) is 23.0 Å². The van der Waals surface area contributed by atoms with E-state index in [-0.39, 0.29) is 35.1 Å². The first kappa shape index (κ1) is 20.2. The van der Waals surface area contributed by atoms with E-state index in [1.807, 2.05) is 12.1 Å². The molecule has 0 aliphatic heterocycles. The molecular weight excluding hydrogens is 340 g/mol. The molecule has 2 saturated carbocycles. The van der Waals surface area contributed by atoms with Crippen molar-refractivity contribution in [3.63, 3.8) is 0 Å². The number of Topliss-reactive ketones (excluding diaryl/α,β-unsaturated/α-hetero) is 1. The Kier molecular flexibility index (Phi) is 5.58. The standard InChI is InChI=1S/C23H34O4/c1-22(2)7-6-8-23(3)19(9-15(14-24)10-20(22)23)21(25)16-11-17(26-4)13-18(12-16)27-5/h11-13,15,19-20,24H,6-10,14H2,1-5H3/t15-,19-,20?,23-/m1/s1. The van der Waals surface area contributed by atoms with Gasteiger partial charge in [-0.3, -0.25) is 4.79 Å². The average Bonchev–Trinajstić information content (AvgIpc) is 2.66. The number of carbonyl (C=O) groups is 1. The van der Waals surface area contributed by atoms with Gasteiger partial charge < -0.3 is 14.6 Å². The van der Waals surface area contributed by atoms with Crippen molar-refractivity contribution >= 4 is 5.78 Å². The number of aliphatic hydroxyl groups excluding tert-OH is 1. The molecule has 0 radical (unpaired) electrons. The van der Waals surface area contributed by atoms with Crippen LogP contribution in [0.25, 0.3) is 0 Å². The number of rotatable bonds is 5. The maximum atomic E-state index is 13.7. The molecule has 0 amide bonds. The molecule has 0 bridgehead atoms. The largest absolute Gasteiger partial charge is 0.497 e. The molecule has 0 saturated heterocycles. The Morgan fingerprint density at radius 1 is 1.07 bits per heavy atom. The van der Waals surface area contributed by atoms with Gasteiger partial charge in [-0.15, -0.1) is 0 Å². The van der Waals surface area contributed by atoms with Crippen molar-refractivity contribution in [1.29, 1.82) is 0 Å². The average molecular weight is 375 g/mol. The third-order valence-corrected chi connectivity index (χ3v) is 7.42. The van der Waals surface area contributed by atoms with Crippen LogP contribution in [0.5, 0.6) is 11.5 Å². The van der Waals surface area contributed by atoms with Crippen LogP contribution in [0.15, 0.2) is 18.2 Å². The Hall–Kier alpha value is -1.55. The Bertz CT molecular complexity index is 673. The van der Waals surface area contributed by atoms with Crippen LogP contribution < -0.4 is 9.47 Å². The molecule has 27 heavy (non-hydrogen) atoms. The van der Waals surface area contributed by atoms with E-state index in [9.17, 15) is 9.90 Å². The summed E-state index contributed by atoms with van der Waals surface area (Å²) in [4.78, 5) is 13.7. The zero-order valence-electron chi connectivity index (χ0n) is 17.4. The number of fused-ring (bicyclic) bond motifs is 1. The summed E-state index contributed by atoms with van der Waals surface area (Å²) >= 11 is 0. The minimum atomic E-state index is -0.0789. The Morgan fingerprint density at radius 3 is 2.26 bits per heavy atom. The minimum Gasteiger partial charge on any atom is -0.497 e. The van der Waals surface area contributed by atoms with Crippen LogP contribution in [0.1, 0.15) is 63.2 Å². The predicted octanol–water partition coefficient (Wildman–Crippen LogP) is 4.74. The first-order chi connectivity index (χ1) is 12.7. The first-order valence-corrected chi connectivity index (χ1v) is 10.1. The molecule has 2 aliphatic rings. The number of ether oxygens (including phenoxy) is 2. The summed E-state index contributed by atoms with van der Waals surface area (Å²) in [5.41, 5.74) is 0.824. The lowest BCUT2D eigenvalue weighted by atomic mass is 9.46. The summed E-state index contributed by atoms with van der Waals surface area (Å²) < 4.78 is 10.7. The fraction of sp³-hybridized carbons (Fsp3) is 0.696. The number of ketones is 1. The van der Waals surface area contributed by atoms with Gasteiger partial charge in [0.1, 0.15) is 11.5 Å². The van der Waals surface area contributed by atoms with Gasteiger partial charge in [-0.25, -0.2) is 0 Å². The van der Waals surface area contributed by atoms with E-state index in [1.54, 1.807) is 20.3 Å². The molecule has 4 nitrogen and oxygen atoms in total. The molecule has 4 heteroatoms. The highest BCUT2D eigenvalue weighted by Crippen LogP contribution is 2.61. The highest BCUT2D eigenvalue weighted by molar-refractivity contribution is 5.99. The topological polar surface area (TPSA) is 55.8 Å². The lowest BCUT2D eigenvalue weighted by Crippen LogP contribution is -2.53. The second kappa shape index (κ2) is 7.46. The molecule has 2 fully saturated rings. The fourth-order valence-electron chi connectivity index (χ4n) is 5.91.